The number of alkyl halides is 3. The lowest BCUT2D eigenvalue weighted by Gasteiger charge is -2.29. The van der Waals surface area contributed by atoms with Crippen LogP contribution in [0.2, 0.25) is 0 Å². The van der Waals surface area contributed by atoms with Crippen LogP contribution in [0.25, 0.3) is 0 Å². The lowest BCUT2D eigenvalue weighted by atomic mass is 9.75. The van der Waals surface area contributed by atoms with E-state index in [9.17, 15) is 18.0 Å². The molecule has 2 rings (SSSR count). The van der Waals surface area contributed by atoms with E-state index in [1.807, 2.05) is 0 Å². The van der Waals surface area contributed by atoms with Gasteiger partial charge in [-0.05, 0) is 23.6 Å². The minimum Gasteiger partial charge on any atom is -0.435 e. The van der Waals surface area contributed by atoms with Crippen molar-refractivity contribution in [2.45, 2.75) is 32.5 Å². The van der Waals surface area contributed by atoms with E-state index in [2.05, 4.69) is 4.74 Å². The Balaban J connectivity index is 2.29. The Bertz CT molecular complexity index is 540. The molecule has 1 aliphatic carbocycles. The number of ketones is 1. The summed E-state index contributed by atoms with van der Waals surface area (Å²) in [5.74, 6) is -1.69. The fourth-order valence-corrected chi connectivity index (χ4v) is 2.65. The monoisotopic (exact) mass is 298 g/mol. The number of Topliss-reactive ketones (excluding diaryl/α,β-unsaturated/α-hetero) is 1. The number of allylic oxidation sites excluding steroid dienone is 2. The van der Waals surface area contributed by atoms with E-state index in [0.29, 0.717) is 5.56 Å². The molecule has 0 fully saturated rings. The van der Waals surface area contributed by atoms with E-state index >= 15 is 0 Å². The number of halogens is 3. The summed E-state index contributed by atoms with van der Waals surface area (Å²) in [7, 11) is 0. The topological polar surface area (TPSA) is 26.3 Å². The van der Waals surface area contributed by atoms with Gasteiger partial charge < -0.3 is 4.74 Å². The summed E-state index contributed by atoms with van der Waals surface area (Å²) in [5, 5.41) is 0. The van der Waals surface area contributed by atoms with Crippen molar-refractivity contribution in [2.24, 2.45) is 11.8 Å². The Kier molecular flexibility index (Phi) is 4.70. The standard InChI is InChI=1S/C16H17F3O2/c1-9(2)14-13(17)7-6-12(15(14)20)10-4-3-5-11(8-10)21-16(18)19/h3-9,12-14,16H,1-2H3. The van der Waals surface area contributed by atoms with Crippen molar-refractivity contribution in [1.82, 2.24) is 0 Å². The summed E-state index contributed by atoms with van der Waals surface area (Å²) in [5.41, 5.74) is 0.534. The molecule has 0 heterocycles. The maximum atomic E-state index is 13.9. The predicted octanol–water partition coefficient (Wildman–Crippen LogP) is 4.12. The Hall–Kier alpha value is -1.78. The van der Waals surface area contributed by atoms with Crippen molar-refractivity contribution in [3.63, 3.8) is 0 Å². The molecule has 114 valence electrons. The summed E-state index contributed by atoms with van der Waals surface area (Å²) in [6.45, 7) is 0.667. The van der Waals surface area contributed by atoms with Crippen molar-refractivity contribution < 1.29 is 22.7 Å². The second-order valence-corrected chi connectivity index (χ2v) is 5.43. The molecule has 1 aliphatic rings. The lowest BCUT2D eigenvalue weighted by Crippen LogP contribution is -2.35. The maximum Gasteiger partial charge on any atom is 0.387 e. The van der Waals surface area contributed by atoms with E-state index in [4.69, 9.17) is 0 Å². The third-order valence-corrected chi connectivity index (χ3v) is 3.63. The number of hydrogen-bond acceptors (Lipinski definition) is 2. The second kappa shape index (κ2) is 6.33. The van der Waals surface area contributed by atoms with Crippen molar-refractivity contribution in [2.75, 3.05) is 0 Å². The van der Waals surface area contributed by atoms with Gasteiger partial charge in [0.25, 0.3) is 0 Å². The maximum absolute atomic E-state index is 13.9. The second-order valence-electron chi connectivity index (χ2n) is 5.43. The molecule has 0 saturated carbocycles. The number of carbonyl (C=O) groups excluding carboxylic acids is 1. The molecule has 1 aromatic carbocycles. The third kappa shape index (κ3) is 3.46. The molecule has 0 spiro atoms. The molecule has 0 saturated heterocycles. The largest absolute Gasteiger partial charge is 0.435 e. The predicted molar refractivity (Wildman–Crippen MR) is 73.2 cm³/mol. The van der Waals surface area contributed by atoms with Gasteiger partial charge in [-0.25, -0.2) is 4.39 Å². The molecule has 0 radical (unpaired) electrons. The van der Waals surface area contributed by atoms with Gasteiger partial charge in [0, 0.05) is 0 Å². The van der Waals surface area contributed by atoms with Gasteiger partial charge in [-0.3, -0.25) is 4.79 Å². The molecule has 2 nitrogen and oxygen atoms in total. The lowest BCUT2D eigenvalue weighted by molar-refractivity contribution is -0.126. The Labute approximate surface area is 121 Å². The summed E-state index contributed by atoms with van der Waals surface area (Å²) in [6, 6.07) is 5.99. The van der Waals surface area contributed by atoms with Crippen LogP contribution in [0.5, 0.6) is 5.75 Å². The van der Waals surface area contributed by atoms with Crippen molar-refractivity contribution in [3.05, 3.63) is 42.0 Å². The van der Waals surface area contributed by atoms with E-state index < -0.39 is 24.6 Å². The van der Waals surface area contributed by atoms with Crippen molar-refractivity contribution >= 4 is 5.78 Å². The van der Waals surface area contributed by atoms with Crippen molar-refractivity contribution in [1.29, 1.82) is 0 Å². The summed E-state index contributed by atoms with van der Waals surface area (Å²) in [4.78, 5) is 12.4. The molecule has 1 aromatic rings. The molecule has 5 heteroatoms. The number of rotatable bonds is 4. The zero-order valence-electron chi connectivity index (χ0n) is 11.8. The van der Waals surface area contributed by atoms with Crippen LogP contribution in [-0.4, -0.2) is 18.6 Å². The number of ether oxygens (including phenoxy) is 1. The highest BCUT2D eigenvalue weighted by Crippen LogP contribution is 2.35. The highest BCUT2D eigenvalue weighted by Gasteiger charge is 2.37. The minimum atomic E-state index is -2.92. The van der Waals surface area contributed by atoms with Gasteiger partial charge in [-0.15, -0.1) is 0 Å². The highest BCUT2D eigenvalue weighted by molar-refractivity contribution is 5.91. The molecule has 0 bridgehead atoms. The smallest absolute Gasteiger partial charge is 0.387 e. The zero-order chi connectivity index (χ0) is 15.6. The van der Waals surface area contributed by atoms with Crippen LogP contribution in [0.3, 0.4) is 0 Å². The quantitative estimate of drug-likeness (QED) is 0.782. The van der Waals surface area contributed by atoms with Gasteiger partial charge >= 0.3 is 6.61 Å². The van der Waals surface area contributed by atoms with Crippen LogP contribution in [0.4, 0.5) is 13.2 Å². The zero-order valence-corrected chi connectivity index (χ0v) is 11.8. The fourth-order valence-electron chi connectivity index (χ4n) is 2.65. The Morgan fingerprint density at radius 1 is 1.19 bits per heavy atom. The molecule has 0 N–H and O–H groups in total. The minimum absolute atomic E-state index is 0.00725. The molecular formula is C16H17F3O2. The van der Waals surface area contributed by atoms with Crippen molar-refractivity contribution in [3.8, 4) is 5.75 Å². The van der Waals surface area contributed by atoms with E-state index in [1.165, 1.54) is 24.3 Å². The highest BCUT2D eigenvalue weighted by atomic mass is 19.3. The van der Waals surface area contributed by atoms with E-state index in [1.54, 1.807) is 26.0 Å². The van der Waals surface area contributed by atoms with E-state index in [-0.39, 0.29) is 17.5 Å². The number of benzene rings is 1. The average molecular weight is 298 g/mol. The van der Waals surface area contributed by atoms with Crippen LogP contribution >= 0.6 is 0 Å². The van der Waals surface area contributed by atoms with Gasteiger partial charge in [0.15, 0.2) is 5.78 Å². The van der Waals surface area contributed by atoms with Crippen LogP contribution < -0.4 is 4.74 Å². The van der Waals surface area contributed by atoms with Crippen LogP contribution in [0.1, 0.15) is 25.3 Å². The number of carbonyl (C=O) groups is 1. The first-order valence-electron chi connectivity index (χ1n) is 6.81. The van der Waals surface area contributed by atoms with Gasteiger partial charge in [-0.1, -0.05) is 38.1 Å². The SMILES string of the molecule is CC(C)C1C(=O)C(c2cccc(OC(F)F)c2)C=CC1F. The number of hydrogen-bond donors (Lipinski definition) is 0. The molecule has 3 atom stereocenters. The molecule has 0 amide bonds. The van der Waals surface area contributed by atoms with Crippen LogP contribution in [-0.2, 0) is 4.79 Å². The van der Waals surface area contributed by atoms with Gasteiger partial charge in [0.05, 0.1) is 11.8 Å². The Morgan fingerprint density at radius 3 is 2.52 bits per heavy atom. The molecule has 3 unspecified atom stereocenters. The third-order valence-electron chi connectivity index (χ3n) is 3.63. The van der Waals surface area contributed by atoms with Gasteiger partial charge in [0.2, 0.25) is 0 Å². The van der Waals surface area contributed by atoms with Crippen LogP contribution in [0.15, 0.2) is 36.4 Å². The molecule has 0 aromatic heterocycles. The molecule has 0 aliphatic heterocycles. The summed E-state index contributed by atoms with van der Waals surface area (Å²) in [6.07, 6.45) is 1.57. The Morgan fingerprint density at radius 2 is 1.90 bits per heavy atom. The van der Waals surface area contributed by atoms with Gasteiger partial charge in [0.1, 0.15) is 11.9 Å². The first-order valence-corrected chi connectivity index (χ1v) is 6.81. The van der Waals surface area contributed by atoms with E-state index in [0.717, 1.165) is 0 Å². The fraction of sp³-hybridized carbons (Fsp3) is 0.438. The summed E-state index contributed by atoms with van der Waals surface area (Å²) >= 11 is 0. The van der Waals surface area contributed by atoms with Crippen LogP contribution in [0, 0.1) is 11.8 Å². The average Bonchev–Trinajstić information content (AvgIpc) is 2.37. The van der Waals surface area contributed by atoms with Gasteiger partial charge in [-0.2, -0.15) is 8.78 Å². The first-order chi connectivity index (χ1) is 9.90. The molecular weight excluding hydrogens is 281 g/mol. The normalized spacial score (nSPS) is 25.7. The first kappa shape index (κ1) is 15.6. The summed E-state index contributed by atoms with van der Waals surface area (Å²) < 4.78 is 42.7. The molecule has 21 heavy (non-hydrogen) atoms.